The van der Waals surface area contributed by atoms with Crippen LogP contribution in [0.3, 0.4) is 0 Å². The van der Waals surface area contributed by atoms with Crippen LogP contribution in [0.4, 0.5) is 0 Å². The number of benzene rings is 1. The zero-order valence-corrected chi connectivity index (χ0v) is 11.8. The number of piperidine rings is 1. The van der Waals surface area contributed by atoms with E-state index in [1.54, 1.807) is 7.11 Å². The summed E-state index contributed by atoms with van der Waals surface area (Å²) in [6, 6.07) is 10.8. The van der Waals surface area contributed by atoms with E-state index in [9.17, 15) is 5.26 Å². The molecule has 2 unspecified atom stereocenters. The number of likely N-dealkylation sites (tertiary alicyclic amines) is 1. The van der Waals surface area contributed by atoms with Crippen LogP contribution >= 0.6 is 0 Å². The maximum Gasteiger partial charge on any atom is 0.124 e. The van der Waals surface area contributed by atoms with Gasteiger partial charge in [-0.05, 0) is 37.0 Å². The third-order valence-corrected chi connectivity index (χ3v) is 4.03. The lowest BCUT2D eigenvalue weighted by molar-refractivity contribution is 0.117. The highest BCUT2D eigenvalue weighted by atomic mass is 16.5. The Labute approximate surface area is 115 Å². The fraction of sp³-hybridized carbons (Fsp3) is 0.562. The van der Waals surface area contributed by atoms with Gasteiger partial charge in [-0.1, -0.05) is 25.5 Å². The monoisotopic (exact) mass is 258 g/mol. The molecule has 0 aromatic heterocycles. The van der Waals surface area contributed by atoms with Crippen molar-refractivity contribution in [2.75, 3.05) is 13.7 Å². The molecule has 3 heteroatoms. The Morgan fingerprint density at radius 1 is 1.37 bits per heavy atom. The van der Waals surface area contributed by atoms with E-state index in [1.807, 2.05) is 24.3 Å². The first-order chi connectivity index (χ1) is 9.30. The Balaban J connectivity index is 2.20. The van der Waals surface area contributed by atoms with Crippen LogP contribution in [0, 0.1) is 11.3 Å². The van der Waals surface area contributed by atoms with Gasteiger partial charge in [-0.2, -0.15) is 5.26 Å². The van der Waals surface area contributed by atoms with Gasteiger partial charge in [0.2, 0.25) is 0 Å². The molecule has 1 heterocycles. The van der Waals surface area contributed by atoms with Crippen molar-refractivity contribution in [2.24, 2.45) is 0 Å². The third kappa shape index (κ3) is 3.08. The number of rotatable bonds is 4. The van der Waals surface area contributed by atoms with Crippen LogP contribution in [-0.4, -0.2) is 24.6 Å². The summed E-state index contributed by atoms with van der Waals surface area (Å²) >= 11 is 0. The maximum atomic E-state index is 9.55. The quantitative estimate of drug-likeness (QED) is 0.829. The van der Waals surface area contributed by atoms with E-state index in [0.717, 1.165) is 24.3 Å². The molecule has 2 rings (SSSR count). The summed E-state index contributed by atoms with van der Waals surface area (Å²) in [6.07, 6.45) is 4.82. The lowest BCUT2D eigenvalue weighted by atomic mass is 9.95. The third-order valence-electron chi connectivity index (χ3n) is 4.03. The fourth-order valence-electron chi connectivity index (χ4n) is 2.93. The van der Waals surface area contributed by atoms with Crippen LogP contribution in [0.2, 0.25) is 0 Å². The Bertz CT molecular complexity index is 435. The molecule has 0 amide bonds. The van der Waals surface area contributed by atoms with E-state index in [1.165, 1.54) is 19.3 Å². The van der Waals surface area contributed by atoms with Crippen molar-refractivity contribution >= 4 is 0 Å². The molecule has 0 aliphatic carbocycles. The molecular weight excluding hydrogens is 236 g/mol. The summed E-state index contributed by atoms with van der Waals surface area (Å²) < 4.78 is 5.17. The van der Waals surface area contributed by atoms with Gasteiger partial charge in [0, 0.05) is 12.6 Å². The van der Waals surface area contributed by atoms with Crippen LogP contribution < -0.4 is 4.74 Å². The van der Waals surface area contributed by atoms with Crippen LogP contribution in [0.15, 0.2) is 24.3 Å². The first-order valence-electron chi connectivity index (χ1n) is 7.09. The van der Waals surface area contributed by atoms with Crippen LogP contribution in [0.5, 0.6) is 5.75 Å². The first-order valence-corrected chi connectivity index (χ1v) is 7.09. The molecule has 0 saturated carbocycles. The number of nitrogens with zero attached hydrogens (tertiary/aromatic N) is 2. The molecule has 1 aliphatic heterocycles. The predicted octanol–water partition coefficient (Wildman–Crippen LogP) is 3.52. The Morgan fingerprint density at radius 3 is 2.68 bits per heavy atom. The van der Waals surface area contributed by atoms with E-state index in [4.69, 9.17) is 4.74 Å². The van der Waals surface area contributed by atoms with Crippen molar-refractivity contribution in [3.05, 3.63) is 29.8 Å². The summed E-state index contributed by atoms with van der Waals surface area (Å²) in [5.41, 5.74) is 1.07. The van der Waals surface area contributed by atoms with Crippen LogP contribution in [-0.2, 0) is 0 Å². The summed E-state index contributed by atoms with van der Waals surface area (Å²) in [4.78, 5) is 2.37. The van der Waals surface area contributed by atoms with Crippen LogP contribution in [0.25, 0.3) is 0 Å². The van der Waals surface area contributed by atoms with Crippen LogP contribution in [0.1, 0.15) is 44.2 Å². The minimum absolute atomic E-state index is 0.129. The maximum absolute atomic E-state index is 9.55. The van der Waals surface area contributed by atoms with Gasteiger partial charge < -0.3 is 4.74 Å². The molecule has 0 radical (unpaired) electrons. The second kappa shape index (κ2) is 6.58. The first kappa shape index (κ1) is 13.9. The molecule has 2 atom stereocenters. The number of ether oxygens (including phenoxy) is 1. The molecule has 0 bridgehead atoms. The Morgan fingerprint density at radius 2 is 2.11 bits per heavy atom. The summed E-state index contributed by atoms with van der Waals surface area (Å²) in [5.74, 6) is 0.839. The molecule has 1 aromatic carbocycles. The van der Waals surface area contributed by atoms with Crippen molar-refractivity contribution in [1.29, 1.82) is 5.26 Å². The second-order valence-electron chi connectivity index (χ2n) is 5.10. The van der Waals surface area contributed by atoms with Crippen molar-refractivity contribution < 1.29 is 4.74 Å². The zero-order valence-electron chi connectivity index (χ0n) is 11.8. The van der Waals surface area contributed by atoms with Gasteiger partial charge in [0.1, 0.15) is 11.8 Å². The van der Waals surface area contributed by atoms with E-state index in [-0.39, 0.29) is 6.04 Å². The van der Waals surface area contributed by atoms with Crippen molar-refractivity contribution in [3.63, 3.8) is 0 Å². The molecule has 1 aromatic rings. The second-order valence-corrected chi connectivity index (χ2v) is 5.10. The molecule has 0 spiro atoms. The molecule has 1 saturated heterocycles. The van der Waals surface area contributed by atoms with Gasteiger partial charge in [0.25, 0.3) is 0 Å². The van der Waals surface area contributed by atoms with Gasteiger partial charge in [-0.15, -0.1) is 0 Å². The average molecular weight is 258 g/mol. The summed E-state index contributed by atoms with van der Waals surface area (Å²) in [5, 5.41) is 9.55. The van der Waals surface area contributed by atoms with Gasteiger partial charge >= 0.3 is 0 Å². The van der Waals surface area contributed by atoms with Crippen molar-refractivity contribution in [1.82, 2.24) is 4.90 Å². The smallest absolute Gasteiger partial charge is 0.124 e. The van der Waals surface area contributed by atoms with Gasteiger partial charge in [0.05, 0.1) is 13.2 Å². The lowest BCUT2D eigenvalue weighted by Crippen LogP contribution is -2.41. The number of nitriles is 1. The molecule has 0 N–H and O–H groups in total. The number of hydrogen-bond acceptors (Lipinski definition) is 3. The largest absolute Gasteiger partial charge is 0.497 e. The molecule has 1 aliphatic rings. The fourth-order valence-corrected chi connectivity index (χ4v) is 2.93. The van der Waals surface area contributed by atoms with Crippen molar-refractivity contribution in [2.45, 2.75) is 44.7 Å². The lowest BCUT2D eigenvalue weighted by Gasteiger charge is -2.38. The van der Waals surface area contributed by atoms with E-state index in [2.05, 4.69) is 17.9 Å². The minimum atomic E-state index is -0.129. The topological polar surface area (TPSA) is 36.3 Å². The van der Waals surface area contributed by atoms with E-state index < -0.39 is 0 Å². The van der Waals surface area contributed by atoms with Gasteiger partial charge in [-0.3, -0.25) is 4.90 Å². The molecular formula is C16H22N2O. The predicted molar refractivity (Wildman–Crippen MR) is 76.0 cm³/mol. The standard InChI is InChI=1S/C16H22N2O/c1-3-14-6-4-5-11-18(14)16(12-17)13-7-9-15(19-2)10-8-13/h7-10,14,16H,3-6,11H2,1-2H3. The van der Waals surface area contributed by atoms with Crippen molar-refractivity contribution in [3.8, 4) is 11.8 Å². The number of methoxy groups -OCH3 is 1. The molecule has 19 heavy (non-hydrogen) atoms. The normalized spacial score (nSPS) is 21.6. The summed E-state index contributed by atoms with van der Waals surface area (Å²) in [7, 11) is 1.66. The van der Waals surface area contributed by atoms with Gasteiger partial charge in [-0.25, -0.2) is 0 Å². The van der Waals surface area contributed by atoms with E-state index in [0.29, 0.717) is 6.04 Å². The number of hydrogen-bond donors (Lipinski definition) is 0. The molecule has 1 fully saturated rings. The Hall–Kier alpha value is -1.53. The molecule has 102 valence electrons. The van der Waals surface area contributed by atoms with E-state index >= 15 is 0 Å². The highest BCUT2D eigenvalue weighted by Crippen LogP contribution is 2.30. The highest BCUT2D eigenvalue weighted by Gasteiger charge is 2.28. The zero-order chi connectivity index (χ0) is 13.7. The highest BCUT2D eigenvalue weighted by molar-refractivity contribution is 5.31. The Kier molecular flexibility index (Phi) is 4.81. The SMILES string of the molecule is CCC1CCCCN1C(C#N)c1ccc(OC)cc1. The van der Waals surface area contributed by atoms with Gasteiger partial charge in [0.15, 0.2) is 0 Å². The molecule has 3 nitrogen and oxygen atoms in total. The average Bonchev–Trinajstić information content (AvgIpc) is 2.49. The minimum Gasteiger partial charge on any atom is -0.497 e. The summed E-state index contributed by atoms with van der Waals surface area (Å²) in [6.45, 7) is 3.24.